The highest BCUT2D eigenvalue weighted by atomic mass is 32.2. The Kier molecular flexibility index (Phi) is 4.89. The van der Waals surface area contributed by atoms with Crippen molar-refractivity contribution in [2.24, 2.45) is 5.92 Å². The summed E-state index contributed by atoms with van der Waals surface area (Å²) < 4.78 is 28.4. The maximum absolute atomic E-state index is 12.0. The van der Waals surface area contributed by atoms with Gasteiger partial charge in [0.05, 0.1) is 12.3 Å². The van der Waals surface area contributed by atoms with E-state index in [1.54, 1.807) is 6.33 Å². The van der Waals surface area contributed by atoms with Crippen LogP contribution < -0.4 is 10.0 Å². The maximum atomic E-state index is 12.0. The smallest absolute Gasteiger partial charge is 0.212 e. The molecule has 0 saturated carbocycles. The molecule has 1 atom stereocenters. The van der Waals surface area contributed by atoms with Crippen molar-refractivity contribution in [3.05, 3.63) is 12.2 Å². The fourth-order valence-corrected chi connectivity index (χ4v) is 3.66. The van der Waals surface area contributed by atoms with Gasteiger partial charge in [0.15, 0.2) is 0 Å². The summed E-state index contributed by atoms with van der Waals surface area (Å²) in [5.74, 6) is 1.03. The lowest BCUT2D eigenvalue weighted by molar-refractivity contribution is 0.402. The first kappa shape index (κ1) is 14.4. The van der Waals surface area contributed by atoms with Crippen LogP contribution in [0.3, 0.4) is 0 Å². The number of nitrogens with zero attached hydrogens (tertiary/aromatic N) is 3. The molecule has 1 aliphatic heterocycles. The highest BCUT2D eigenvalue weighted by Gasteiger charge is 2.21. The fourth-order valence-electron chi connectivity index (χ4n) is 2.29. The van der Waals surface area contributed by atoms with Crippen LogP contribution in [0.15, 0.2) is 6.33 Å². The zero-order chi connectivity index (χ0) is 13.7. The Morgan fingerprint density at radius 1 is 1.58 bits per heavy atom. The summed E-state index contributed by atoms with van der Waals surface area (Å²) in [5.41, 5.74) is 0. The van der Waals surface area contributed by atoms with Crippen LogP contribution in [-0.2, 0) is 23.1 Å². The number of aryl methyl sites for hydroxylation is 1. The number of nitrogens with one attached hydrogen (secondary N) is 2. The summed E-state index contributed by atoms with van der Waals surface area (Å²) in [7, 11) is -3.25. The molecule has 0 amide bonds. The van der Waals surface area contributed by atoms with Gasteiger partial charge >= 0.3 is 0 Å². The second kappa shape index (κ2) is 6.44. The van der Waals surface area contributed by atoms with Crippen LogP contribution in [0.25, 0.3) is 0 Å². The molecule has 2 N–H and O–H groups in total. The van der Waals surface area contributed by atoms with Gasteiger partial charge in [-0.3, -0.25) is 0 Å². The quantitative estimate of drug-likeness (QED) is 0.751. The molecule has 0 spiro atoms. The van der Waals surface area contributed by atoms with Crippen molar-refractivity contribution in [2.45, 2.75) is 32.9 Å². The van der Waals surface area contributed by atoms with E-state index in [4.69, 9.17) is 0 Å². The second-order valence-electron chi connectivity index (χ2n) is 4.85. The van der Waals surface area contributed by atoms with E-state index in [2.05, 4.69) is 20.2 Å². The van der Waals surface area contributed by atoms with E-state index in [9.17, 15) is 8.42 Å². The first-order valence-electron chi connectivity index (χ1n) is 6.65. The minimum atomic E-state index is -3.25. The predicted molar refractivity (Wildman–Crippen MR) is 71.9 cm³/mol. The molecule has 1 aromatic heterocycles. The molecule has 1 unspecified atom stereocenters. The third-order valence-electron chi connectivity index (χ3n) is 3.34. The molecular weight excluding hydrogens is 266 g/mol. The largest absolute Gasteiger partial charge is 0.317 e. The molecule has 1 saturated heterocycles. The zero-order valence-electron chi connectivity index (χ0n) is 11.2. The van der Waals surface area contributed by atoms with Gasteiger partial charge in [-0.2, -0.15) is 0 Å². The number of piperidine rings is 1. The van der Waals surface area contributed by atoms with E-state index < -0.39 is 10.0 Å². The fraction of sp³-hybridized carbons (Fsp3) is 0.818. The van der Waals surface area contributed by atoms with Crippen LogP contribution in [0.4, 0.5) is 0 Å². The highest BCUT2D eigenvalue weighted by Crippen LogP contribution is 2.12. The van der Waals surface area contributed by atoms with E-state index >= 15 is 0 Å². The Hall–Kier alpha value is -0.990. The van der Waals surface area contributed by atoms with Crippen molar-refractivity contribution in [3.63, 3.8) is 0 Å². The van der Waals surface area contributed by atoms with Gasteiger partial charge in [0, 0.05) is 6.54 Å². The Balaban J connectivity index is 1.86. The summed E-state index contributed by atoms with van der Waals surface area (Å²) in [4.78, 5) is 0. The van der Waals surface area contributed by atoms with E-state index in [1.165, 1.54) is 0 Å². The monoisotopic (exact) mass is 287 g/mol. The minimum Gasteiger partial charge on any atom is -0.317 e. The van der Waals surface area contributed by atoms with Gasteiger partial charge < -0.3 is 9.88 Å². The molecule has 1 fully saturated rings. The number of aromatic nitrogens is 3. The minimum absolute atomic E-state index is 0.181. The van der Waals surface area contributed by atoms with Gasteiger partial charge in [0.2, 0.25) is 10.0 Å². The zero-order valence-corrected chi connectivity index (χ0v) is 12.0. The van der Waals surface area contributed by atoms with E-state index in [1.807, 2.05) is 11.5 Å². The van der Waals surface area contributed by atoms with Gasteiger partial charge in [-0.25, -0.2) is 13.1 Å². The van der Waals surface area contributed by atoms with Gasteiger partial charge in [-0.1, -0.05) is 0 Å². The van der Waals surface area contributed by atoms with Crippen molar-refractivity contribution in [3.8, 4) is 0 Å². The van der Waals surface area contributed by atoms with Gasteiger partial charge in [-0.05, 0) is 38.8 Å². The van der Waals surface area contributed by atoms with Gasteiger partial charge in [-0.15, -0.1) is 10.2 Å². The van der Waals surface area contributed by atoms with Crippen molar-refractivity contribution < 1.29 is 8.42 Å². The lowest BCUT2D eigenvalue weighted by Gasteiger charge is -2.22. The Morgan fingerprint density at radius 2 is 2.42 bits per heavy atom. The lowest BCUT2D eigenvalue weighted by atomic mass is 10.0. The molecule has 8 heteroatoms. The molecule has 19 heavy (non-hydrogen) atoms. The number of sulfonamides is 1. The molecule has 108 valence electrons. The van der Waals surface area contributed by atoms with Crippen LogP contribution in [0.1, 0.15) is 25.6 Å². The molecule has 2 rings (SSSR count). The summed E-state index contributed by atoms with van der Waals surface area (Å²) in [6, 6.07) is 0. The Labute approximate surface area is 113 Å². The van der Waals surface area contributed by atoms with Gasteiger partial charge in [0.1, 0.15) is 12.2 Å². The van der Waals surface area contributed by atoms with Crippen LogP contribution in [-0.4, -0.2) is 42.0 Å². The highest BCUT2D eigenvalue weighted by molar-refractivity contribution is 7.89. The Morgan fingerprint density at radius 3 is 3.11 bits per heavy atom. The molecule has 0 aromatic carbocycles. The number of hydrogen-bond acceptors (Lipinski definition) is 5. The topological polar surface area (TPSA) is 88.9 Å². The first-order chi connectivity index (χ1) is 9.11. The lowest BCUT2D eigenvalue weighted by Crippen LogP contribution is -2.37. The average Bonchev–Trinajstić information content (AvgIpc) is 2.84. The third-order valence-corrected chi connectivity index (χ3v) is 4.84. The van der Waals surface area contributed by atoms with Gasteiger partial charge in [0.25, 0.3) is 0 Å². The number of rotatable bonds is 6. The molecule has 0 bridgehead atoms. The van der Waals surface area contributed by atoms with E-state index in [0.717, 1.165) is 32.5 Å². The van der Waals surface area contributed by atoms with E-state index in [-0.39, 0.29) is 18.2 Å². The molecule has 1 aromatic rings. The summed E-state index contributed by atoms with van der Waals surface area (Å²) in [5, 5.41) is 10.9. The molecule has 0 aliphatic carbocycles. The van der Waals surface area contributed by atoms with Crippen LogP contribution in [0.5, 0.6) is 0 Å². The van der Waals surface area contributed by atoms with Crippen molar-refractivity contribution >= 4 is 10.0 Å². The SMILES string of the molecule is CCn1cnnc1CNS(=O)(=O)CC1CCCNC1. The molecular formula is C11H21N5O2S. The predicted octanol–water partition coefficient (Wildman–Crippen LogP) is -0.283. The summed E-state index contributed by atoms with van der Waals surface area (Å²) in [6.07, 6.45) is 3.62. The standard InChI is InChI=1S/C11H21N5O2S/c1-2-16-9-13-15-11(16)7-14-19(17,18)8-10-4-3-5-12-6-10/h9-10,12,14H,2-8H2,1H3. The second-order valence-corrected chi connectivity index (χ2v) is 6.70. The molecule has 1 aliphatic rings. The molecule has 2 heterocycles. The van der Waals surface area contributed by atoms with Crippen LogP contribution >= 0.6 is 0 Å². The van der Waals surface area contributed by atoms with Crippen molar-refractivity contribution in [2.75, 3.05) is 18.8 Å². The third kappa shape index (κ3) is 4.26. The van der Waals surface area contributed by atoms with Crippen LogP contribution in [0, 0.1) is 5.92 Å². The first-order valence-corrected chi connectivity index (χ1v) is 8.30. The number of hydrogen-bond donors (Lipinski definition) is 2. The summed E-state index contributed by atoms with van der Waals surface area (Å²) >= 11 is 0. The van der Waals surface area contributed by atoms with Crippen molar-refractivity contribution in [1.82, 2.24) is 24.8 Å². The molecule has 7 nitrogen and oxygen atoms in total. The maximum Gasteiger partial charge on any atom is 0.212 e. The summed E-state index contributed by atoms with van der Waals surface area (Å²) in [6.45, 7) is 4.68. The Bertz CT molecular complexity index is 493. The van der Waals surface area contributed by atoms with E-state index in [0.29, 0.717) is 5.82 Å². The molecule has 0 radical (unpaired) electrons. The van der Waals surface area contributed by atoms with Crippen LogP contribution in [0.2, 0.25) is 0 Å². The average molecular weight is 287 g/mol. The van der Waals surface area contributed by atoms with Crippen molar-refractivity contribution in [1.29, 1.82) is 0 Å². The normalized spacial score (nSPS) is 20.6.